The van der Waals surface area contributed by atoms with Gasteiger partial charge in [-0.2, -0.15) is 0 Å². The molecule has 0 aliphatic heterocycles. The summed E-state index contributed by atoms with van der Waals surface area (Å²) in [7, 11) is -3.77. The predicted octanol–water partition coefficient (Wildman–Crippen LogP) is 5.51. The molecule has 0 radical (unpaired) electrons. The first kappa shape index (κ1) is 18.6. The maximum Gasteiger partial charge on any atom is 0.262 e. The maximum absolute atomic E-state index is 13.9. The smallest absolute Gasteiger partial charge is 0.262 e. The lowest BCUT2D eigenvalue weighted by Gasteiger charge is -2.17. The van der Waals surface area contributed by atoms with Crippen LogP contribution in [0.1, 0.15) is 48.4 Å². The van der Waals surface area contributed by atoms with E-state index in [0.29, 0.717) is 22.4 Å². The van der Waals surface area contributed by atoms with Crippen molar-refractivity contribution in [2.24, 2.45) is 0 Å². The van der Waals surface area contributed by atoms with Crippen molar-refractivity contribution in [1.29, 1.82) is 0 Å². The third-order valence-corrected chi connectivity index (χ3v) is 6.59. The van der Waals surface area contributed by atoms with Crippen molar-refractivity contribution in [2.75, 3.05) is 4.72 Å². The highest BCUT2D eigenvalue weighted by Gasteiger charge is 2.23. The first-order chi connectivity index (χ1) is 12.2. The minimum Gasteiger partial charge on any atom is -0.279 e. The first-order valence-corrected chi connectivity index (χ1v) is 10.3. The van der Waals surface area contributed by atoms with Gasteiger partial charge in [0.25, 0.3) is 10.0 Å². The number of nitrogens with one attached hydrogen (secondary N) is 1. The van der Waals surface area contributed by atoms with Crippen molar-refractivity contribution >= 4 is 21.3 Å². The molecule has 1 N–H and O–H groups in total. The fourth-order valence-electron chi connectivity index (χ4n) is 3.90. The Morgan fingerprint density at radius 1 is 0.962 bits per heavy atom. The summed E-state index contributed by atoms with van der Waals surface area (Å²) in [4.78, 5) is 0.287. The lowest BCUT2D eigenvalue weighted by molar-refractivity contribution is 0.599. The molecule has 1 aliphatic carbocycles. The summed E-state index contributed by atoms with van der Waals surface area (Å²) >= 11 is 0. The van der Waals surface area contributed by atoms with Crippen LogP contribution in [0.25, 0.3) is 5.57 Å². The predicted molar refractivity (Wildman–Crippen MR) is 104 cm³/mol. The summed E-state index contributed by atoms with van der Waals surface area (Å²) in [5.74, 6) is -0.363. The van der Waals surface area contributed by atoms with E-state index in [0.717, 1.165) is 30.4 Å². The molecular formula is C21H24FNO2S. The molecule has 3 nitrogen and oxygen atoms in total. The van der Waals surface area contributed by atoms with Gasteiger partial charge in [0.2, 0.25) is 0 Å². The van der Waals surface area contributed by atoms with E-state index in [1.807, 2.05) is 26.0 Å². The number of anilines is 1. The second kappa shape index (κ2) is 6.88. The van der Waals surface area contributed by atoms with E-state index in [-0.39, 0.29) is 10.7 Å². The van der Waals surface area contributed by atoms with Crippen molar-refractivity contribution in [1.82, 2.24) is 0 Å². The highest BCUT2D eigenvalue weighted by molar-refractivity contribution is 7.92. The summed E-state index contributed by atoms with van der Waals surface area (Å²) in [6.45, 7) is 7.56. The molecule has 0 spiro atoms. The molecule has 2 aromatic rings. The van der Waals surface area contributed by atoms with Gasteiger partial charge in [-0.3, -0.25) is 4.72 Å². The molecular weight excluding hydrogens is 349 g/mol. The zero-order valence-electron chi connectivity index (χ0n) is 15.6. The molecule has 0 aromatic heterocycles. The molecule has 3 rings (SSSR count). The van der Waals surface area contributed by atoms with Crippen molar-refractivity contribution in [3.05, 3.63) is 64.0 Å². The molecule has 0 atom stereocenters. The van der Waals surface area contributed by atoms with Crippen LogP contribution in [-0.2, 0) is 10.0 Å². The monoisotopic (exact) mass is 373 g/mol. The number of aryl methyl sites for hydroxylation is 3. The number of rotatable bonds is 4. The Kier molecular flexibility index (Phi) is 4.93. The van der Waals surface area contributed by atoms with Gasteiger partial charge in [0, 0.05) is 5.56 Å². The van der Waals surface area contributed by atoms with Crippen LogP contribution in [0.4, 0.5) is 10.1 Å². The molecule has 1 aliphatic rings. The number of sulfonamides is 1. The van der Waals surface area contributed by atoms with Crippen LogP contribution in [-0.4, -0.2) is 8.42 Å². The molecule has 138 valence electrons. The van der Waals surface area contributed by atoms with Crippen LogP contribution >= 0.6 is 0 Å². The average molecular weight is 373 g/mol. The van der Waals surface area contributed by atoms with E-state index >= 15 is 0 Å². The summed E-state index contributed by atoms with van der Waals surface area (Å²) < 4.78 is 42.7. The highest BCUT2D eigenvalue weighted by atomic mass is 32.2. The van der Waals surface area contributed by atoms with Gasteiger partial charge in [-0.15, -0.1) is 0 Å². The van der Waals surface area contributed by atoms with Crippen molar-refractivity contribution < 1.29 is 12.8 Å². The van der Waals surface area contributed by atoms with E-state index in [2.05, 4.69) is 4.72 Å². The van der Waals surface area contributed by atoms with Gasteiger partial charge in [-0.1, -0.05) is 23.3 Å². The Balaban J connectivity index is 2.08. The van der Waals surface area contributed by atoms with Crippen LogP contribution in [0.2, 0.25) is 0 Å². The van der Waals surface area contributed by atoms with Gasteiger partial charge in [-0.05, 0) is 81.9 Å². The second-order valence-corrected chi connectivity index (χ2v) is 8.75. The third-order valence-electron chi connectivity index (χ3n) is 4.92. The summed E-state index contributed by atoms with van der Waals surface area (Å²) in [6, 6.07) is 7.95. The normalized spacial score (nSPS) is 14.8. The van der Waals surface area contributed by atoms with Crippen molar-refractivity contribution in [3.63, 3.8) is 0 Å². The van der Waals surface area contributed by atoms with Crippen molar-refractivity contribution in [2.45, 2.75) is 51.9 Å². The van der Waals surface area contributed by atoms with Crippen LogP contribution in [0, 0.1) is 26.6 Å². The third kappa shape index (κ3) is 3.54. The second-order valence-electron chi connectivity index (χ2n) is 7.14. The van der Waals surface area contributed by atoms with Crippen LogP contribution in [0.15, 0.2) is 40.8 Å². The summed E-state index contributed by atoms with van der Waals surface area (Å²) in [6.07, 6.45) is 2.82. The van der Waals surface area contributed by atoms with Crippen LogP contribution in [0.3, 0.4) is 0 Å². The molecule has 0 bridgehead atoms. The molecule has 26 heavy (non-hydrogen) atoms. The van der Waals surface area contributed by atoms with Gasteiger partial charge in [-0.25, -0.2) is 12.8 Å². The lowest BCUT2D eigenvalue weighted by Crippen LogP contribution is -2.17. The number of benzene rings is 2. The Hall–Kier alpha value is -2.14. The molecule has 0 fully saturated rings. The molecule has 0 saturated heterocycles. The highest BCUT2D eigenvalue weighted by Crippen LogP contribution is 2.38. The Morgan fingerprint density at radius 2 is 1.62 bits per heavy atom. The summed E-state index contributed by atoms with van der Waals surface area (Å²) in [5.41, 5.74) is 5.74. The standard InChI is InChI=1S/C21H24FNO2S/c1-13-10-15(3)21(16(4)11-13)26(24,25)23-20-9-8-17(22)12-19(20)18-7-5-6-14(18)2/h8-12,23H,5-7H2,1-4H3. The van der Waals surface area contributed by atoms with Gasteiger partial charge in [0.05, 0.1) is 10.6 Å². The van der Waals surface area contributed by atoms with E-state index in [1.165, 1.54) is 23.8 Å². The number of hydrogen-bond acceptors (Lipinski definition) is 2. The minimum absolute atomic E-state index is 0.287. The van der Waals surface area contributed by atoms with Gasteiger partial charge in [0.1, 0.15) is 5.82 Å². The molecule has 0 heterocycles. The topological polar surface area (TPSA) is 46.2 Å². The van der Waals surface area contributed by atoms with E-state index in [9.17, 15) is 12.8 Å². The van der Waals surface area contributed by atoms with Gasteiger partial charge in [0.15, 0.2) is 0 Å². The van der Waals surface area contributed by atoms with Crippen LogP contribution in [0.5, 0.6) is 0 Å². The molecule has 2 aromatic carbocycles. The van der Waals surface area contributed by atoms with E-state index in [1.54, 1.807) is 13.8 Å². The van der Waals surface area contributed by atoms with Crippen molar-refractivity contribution in [3.8, 4) is 0 Å². The summed E-state index contributed by atoms with van der Waals surface area (Å²) in [5, 5.41) is 0. The molecule has 0 amide bonds. The van der Waals surface area contributed by atoms with E-state index < -0.39 is 10.0 Å². The van der Waals surface area contributed by atoms with Crippen LogP contribution < -0.4 is 4.72 Å². The average Bonchev–Trinajstić information content (AvgIpc) is 2.93. The first-order valence-electron chi connectivity index (χ1n) is 8.78. The molecule has 0 saturated carbocycles. The van der Waals surface area contributed by atoms with E-state index in [4.69, 9.17) is 0 Å². The minimum atomic E-state index is -3.77. The maximum atomic E-state index is 13.9. The SMILES string of the molecule is CC1=C(c2cc(F)ccc2NS(=O)(=O)c2c(C)cc(C)cc2C)CCC1. The fourth-order valence-corrected chi connectivity index (χ4v) is 5.44. The lowest BCUT2D eigenvalue weighted by atomic mass is 10.0. The zero-order valence-corrected chi connectivity index (χ0v) is 16.4. The van der Waals surface area contributed by atoms with Gasteiger partial charge >= 0.3 is 0 Å². The zero-order chi connectivity index (χ0) is 19.1. The number of allylic oxidation sites excluding steroid dienone is 2. The largest absolute Gasteiger partial charge is 0.279 e. The fraction of sp³-hybridized carbons (Fsp3) is 0.333. The quantitative estimate of drug-likeness (QED) is 0.768. The number of hydrogen-bond donors (Lipinski definition) is 1. The Bertz CT molecular complexity index is 984. The molecule has 0 unspecified atom stereocenters. The van der Waals surface area contributed by atoms with Gasteiger partial charge < -0.3 is 0 Å². The Morgan fingerprint density at radius 3 is 2.19 bits per heavy atom. The Labute approximate surface area is 155 Å². The molecule has 5 heteroatoms. The number of halogens is 1.